The molecule has 0 saturated heterocycles. The molecule has 0 aliphatic heterocycles. The second-order valence-electron chi connectivity index (χ2n) is 8.08. The molecule has 3 aliphatic carbocycles. The molecule has 0 radical (unpaired) electrons. The van der Waals surface area contributed by atoms with Crippen molar-refractivity contribution in [2.45, 2.75) is 30.8 Å². The highest BCUT2D eigenvalue weighted by Crippen LogP contribution is 2.75. The molecule has 1 unspecified atom stereocenters. The second-order valence-corrected chi connectivity index (χ2v) is 8.49. The van der Waals surface area contributed by atoms with Crippen molar-refractivity contribution >= 4 is 17.5 Å². The maximum atomic E-state index is 13.7. The molecular formula is C21H16ClF2N3O4. The molecule has 10 heteroatoms. The van der Waals surface area contributed by atoms with E-state index in [9.17, 15) is 13.6 Å². The van der Waals surface area contributed by atoms with Gasteiger partial charge in [0, 0.05) is 11.5 Å². The summed E-state index contributed by atoms with van der Waals surface area (Å²) in [5.41, 5.74) is 4.72. The van der Waals surface area contributed by atoms with Crippen molar-refractivity contribution in [1.82, 2.24) is 10.2 Å². The monoisotopic (exact) mass is 447 g/mol. The minimum Gasteiger partial charge on any atom is -0.480 e. The molecule has 1 aromatic heterocycles. The number of rotatable bonds is 7. The van der Waals surface area contributed by atoms with E-state index in [1.54, 1.807) is 0 Å². The molecule has 1 amide bonds. The maximum Gasteiger partial charge on any atom is 0.420 e. The molecule has 2 bridgehead atoms. The Morgan fingerprint density at radius 3 is 2.42 bits per heavy atom. The first-order valence-corrected chi connectivity index (χ1v) is 9.85. The van der Waals surface area contributed by atoms with E-state index < -0.39 is 23.2 Å². The standard InChI is InChI=1S/C21H16ClF2N3O4/c22-14-6-5-13(7-15(14)24)29-16(17(25)28)20-8-21(9-20,10-20)18-26-27-19(31-18)30-12-3-1-11(23)2-4-12/h1-7,16H,8-10H2,(H2,25,28). The first kappa shape index (κ1) is 19.7. The van der Waals surface area contributed by atoms with E-state index in [4.69, 9.17) is 31.2 Å². The average Bonchev–Trinajstić information content (AvgIpc) is 3.12. The second kappa shape index (κ2) is 6.91. The summed E-state index contributed by atoms with van der Waals surface area (Å²) in [6, 6.07) is 9.38. The van der Waals surface area contributed by atoms with Gasteiger partial charge >= 0.3 is 6.08 Å². The predicted molar refractivity (Wildman–Crippen MR) is 104 cm³/mol. The molecule has 1 atom stereocenters. The third-order valence-electron chi connectivity index (χ3n) is 5.91. The van der Waals surface area contributed by atoms with Crippen LogP contribution in [-0.4, -0.2) is 22.2 Å². The fourth-order valence-corrected chi connectivity index (χ4v) is 4.73. The number of aromatic nitrogens is 2. The minimum absolute atomic E-state index is 0.0394. The van der Waals surface area contributed by atoms with Crippen molar-refractivity contribution in [2.24, 2.45) is 11.1 Å². The van der Waals surface area contributed by atoms with Crippen LogP contribution in [0.4, 0.5) is 8.78 Å². The van der Waals surface area contributed by atoms with Gasteiger partial charge in [0.1, 0.15) is 23.1 Å². The zero-order valence-electron chi connectivity index (χ0n) is 16.0. The lowest BCUT2D eigenvalue weighted by atomic mass is 9.33. The molecule has 2 aromatic carbocycles. The Morgan fingerprint density at radius 1 is 1.10 bits per heavy atom. The van der Waals surface area contributed by atoms with Crippen LogP contribution >= 0.6 is 11.6 Å². The zero-order chi connectivity index (χ0) is 21.8. The Hall–Kier alpha value is -3.20. The van der Waals surface area contributed by atoms with E-state index in [0.717, 1.165) is 6.07 Å². The van der Waals surface area contributed by atoms with Crippen LogP contribution < -0.4 is 15.2 Å². The number of nitrogens with two attached hydrogens (primary N) is 1. The lowest BCUT2D eigenvalue weighted by Crippen LogP contribution is -2.72. The average molecular weight is 448 g/mol. The van der Waals surface area contributed by atoms with Crippen molar-refractivity contribution in [3.63, 3.8) is 0 Å². The zero-order valence-corrected chi connectivity index (χ0v) is 16.7. The Morgan fingerprint density at radius 2 is 1.77 bits per heavy atom. The fourth-order valence-electron chi connectivity index (χ4n) is 4.61. The van der Waals surface area contributed by atoms with Crippen LogP contribution in [0.15, 0.2) is 46.9 Å². The van der Waals surface area contributed by atoms with E-state index in [1.807, 2.05) is 0 Å². The summed E-state index contributed by atoms with van der Waals surface area (Å²) >= 11 is 5.69. The Bertz CT molecular complexity index is 1150. The van der Waals surface area contributed by atoms with E-state index in [1.165, 1.54) is 36.4 Å². The highest BCUT2D eigenvalue weighted by Gasteiger charge is 2.75. The molecule has 3 aliphatic rings. The summed E-state index contributed by atoms with van der Waals surface area (Å²) < 4.78 is 43.5. The molecule has 160 valence electrons. The molecule has 2 N–H and O–H groups in total. The molecule has 3 fully saturated rings. The van der Waals surface area contributed by atoms with Gasteiger partial charge in [-0.1, -0.05) is 16.7 Å². The summed E-state index contributed by atoms with van der Waals surface area (Å²) in [6.07, 6.45) is 0.693. The van der Waals surface area contributed by atoms with Crippen molar-refractivity contribution in [3.8, 4) is 17.6 Å². The van der Waals surface area contributed by atoms with Crippen LogP contribution in [-0.2, 0) is 10.2 Å². The lowest BCUT2D eigenvalue weighted by Gasteiger charge is -2.69. The number of primary amides is 1. The molecule has 0 spiro atoms. The molecular weight excluding hydrogens is 432 g/mol. The minimum atomic E-state index is -0.923. The van der Waals surface area contributed by atoms with Gasteiger partial charge in [-0.15, -0.1) is 5.10 Å². The van der Waals surface area contributed by atoms with Crippen molar-refractivity contribution in [1.29, 1.82) is 0 Å². The highest BCUT2D eigenvalue weighted by molar-refractivity contribution is 6.30. The SMILES string of the molecule is NC(=O)C(Oc1ccc(Cl)c(F)c1)C12CC(c3nnc(Oc4ccc(F)cc4)o3)(C1)C2. The topological polar surface area (TPSA) is 100 Å². The summed E-state index contributed by atoms with van der Waals surface area (Å²) in [5, 5.41) is 7.91. The number of halogens is 3. The first-order valence-electron chi connectivity index (χ1n) is 9.47. The Labute approximate surface area is 180 Å². The van der Waals surface area contributed by atoms with Gasteiger partial charge in [-0.25, -0.2) is 8.78 Å². The molecule has 31 heavy (non-hydrogen) atoms. The third kappa shape index (κ3) is 3.29. The van der Waals surface area contributed by atoms with E-state index in [0.29, 0.717) is 30.9 Å². The van der Waals surface area contributed by atoms with Crippen molar-refractivity contribution in [2.75, 3.05) is 0 Å². The first-order chi connectivity index (χ1) is 14.8. The van der Waals surface area contributed by atoms with Crippen LogP contribution in [0.3, 0.4) is 0 Å². The number of carbonyl (C=O) groups is 1. The largest absolute Gasteiger partial charge is 0.480 e. The fraction of sp³-hybridized carbons (Fsp3) is 0.286. The summed E-state index contributed by atoms with van der Waals surface area (Å²) in [4.78, 5) is 12.1. The van der Waals surface area contributed by atoms with Crippen LogP contribution in [0.2, 0.25) is 5.02 Å². The quantitative estimate of drug-likeness (QED) is 0.584. The molecule has 3 aromatic rings. The molecule has 3 saturated carbocycles. The van der Waals surface area contributed by atoms with Gasteiger partial charge in [-0.05, 0) is 55.7 Å². The van der Waals surface area contributed by atoms with E-state index in [-0.39, 0.29) is 28.1 Å². The number of ether oxygens (including phenoxy) is 2. The summed E-state index contributed by atoms with van der Waals surface area (Å²) in [6.45, 7) is 0. The third-order valence-corrected chi connectivity index (χ3v) is 6.22. The van der Waals surface area contributed by atoms with Gasteiger partial charge in [0.15, 0.2) is 6.10 Å². The number of hydrogen-bond acceptors (Lipinski definition) is 6. The number of benzene rings is 2. The normalized spacial score (nSPS) is 24.6. The number of hydrogen-bond donors (Lipinski definition) is 1. The molecule has 7 nitrogen and oxygen atoms in total. The highest BCUT2D eigenvalue weighted by atomic mass is 35.5. The van der Waals surface area contributed by atoms with Crippen LogP contribution in [0.1, 0.15) is 25.2 Å². The van der Waals surface area contributed by atoms with E-state index >= 15 is 0 Å². The Balaban J connectivity index is 1.27. The summed E-state index contributed by atoms with van der Waals surface area (Å²) in [7, 11) is 0. The number of amides is 1. The van der Waals surface area contributed by atoms with Gasteiger partial charge in [-0.3, -0.25) is 4.79 Å². The summed E-state index contributed by atoms with van der Waals surface area (Å²) in [5.74, 6) is -0.719. The predicted octanol–water partition coefficient (Wildman–Crippen LogP) is 4.15. The number of nitrogens with zero attached hydrogens (tertiary/aromatic N) is 2. The van der Waals surface area contributed by atoms with Crippen LogP contribution in [0, 0.1) is 17.0 Å². The van der Waals surface area contributed by atoms with Crippen molar-refractivity contribution in [3.05, 3.63) is 65.0 Å². The van der Waals surface area contributed by atoms with Crippen LogP contribution in [0.25, 0.3) is 0 Å². The molecule has 6 rings (SSSR count). The van der Waals surface area contributed by atoms with Crippen molar-refractivity contribution < 1.29 is 27.5 Å². The van der Waals surface area contributed by atoms with E-state index in [2.05, 4.69) is 10.2 Å². The van der Waals surface area contributed by atoms with Gasteiger partial charge in [-0.2, -0.15) is 0 Å². The maximum absolute atomic E-state index is 13.7. The van der Waals surface area contributed by atoms with Gasteiger partial charge < -0.3 is 19.6 Å². The lowest BCUT2D eigenvalue weighted by molar-refractivity contribution is -0.208. The Kier molecular flexibility index (Phi) is 4.40. The molecule has 1 heterocycles. The van der Waals surface area contributed by atoms with Gasteiger partial charge in [0.05, 0.1) is 10.4 Å². The van der Waals surface area contributed by atoms with Gasteiger partial charge in [0.25, 0.3) is 5.91 Å². The number of carbonyl (C=O) groups excluding carboxylic acids is 1. The van der Waals surface area contributed by atoms with Gasteiger partial charge in [0.2, 0.25) is 5.89 Å². The van der Waals surface area contributed by atoms with Crippen LogP contribution in [0.5, 0.6) is 17.6 Å². The smallest absolute Gasteiger partial charge is 0.420 e.